The Labute approximate surface area is 135 Å². The van der Waals surface area contributed by atoms with Crippen molar-refractivity contribution in [3.8, 4) is 0 Å². The molecule has 2 aromatic rings. The first-order valence-corrected chi connectivity index (χ1v) is 7.70. The van der Waals surface area contributed by atoms with Crippen molar-refractivity contribution in [2.24, 2.45) is 0 Å². The van der Waals surface area contributed by atoms with Crippen molar-refractivity contribution in [3.63, 3.8) is 0 Å². The Balaban J connectivity index is 2.15. The van der Waals surface area contributed by atoms with E-state index in [-0.39, 0.29) is 5.56 Å². The molecule has 0 saturated carbocycles. The second kappa shape index (κ2) is 8.58. The summed E-state index contributed by atoms with van der Waals surface area (Å²) in [4.78, 5) is 24.2. The van der Waals surface area contributed by atoms with Gasteiger partial charge in [-0.2, -0.15) is 0 Å². The van der Waals surface area contributed by atoms with Crippen LogP contribution in [0.1, 0.15) is 26.2 Å². The van der Waals surface area contributed by atoms with Gasteiger partial charge in [0.15, 0.2) is 0 Å². The van der Waals surface area contributed by atoms with Crippen LogP contribution in [0, 0.1) is 0 Å². The molecule has 0 fully saturated rings. The number of nitrogens with one attached hydrogen (secondary N) is 1. The minimum Gasteiger partial charge on any atom is -0.290 e. The van der Waals surface area contributed by atoms with Crippen molar-refractivity contribution in [2.75, 3.05) is 5.43 Å². The molecule has 1 aromatic carbocycles. The van der Waals surface area contributed by atoms with Gasteiger partial charge in [0.25, 0.3) is 5.56 Å². The third-order valence-electron chi connectivity index (χ3n) is 3.20. The van der Waals surface area contributed by atoms with Crippen LogP contribution in [0.4, 0.5) is 5.69 Å². The number of unbranched alkanes of at least 4 members (excludes halogenated alkanes) is 1. The maximum absolute atomic E-state index is 12.4. The van der Waals surface area contributed by atoms with Crippen LogP contribution in [0.25, 0.3) is 6.20 Å². The Morgan fingerprint density at radius 2 is 1.74 bits per heavy atom. The Hall–Kier alpha value is -2.82. The second-order valence-corrected chi connectivity index (χ2v) is 5.00. The third kappa shape index (κ3) is 4.85. The fourth-order valence-corrected chi connectivity index (χ4v) is 2.02. The normalized spacial score (nSPS) is 11.3. The second-order valence-electron chi connectivity index (χ2n) is 5.00. The van der Waals surface area contributed by atoms with Crippen molar-refractivity contribution in [2.45, 2.75) is 26.2 Å². The molecular formula is C18H21N3O2. The molecule has 1 N–H and O–H groups in total. The van der Waals surface area contributed by atoms with Gasteiger partial charge >= 0.3 is 5.69 Å². The zero-order valence-electron chi connectivity index (χ0n) is 13.2. The number of benzene rings is 1. The summed E-state index contributed by atoms with van der Waals surface area (Å²) in [6, 6.07) is 10.7. The van der Waals surface area contributed by atoms with Gasteiger partial charge in [-0.15, -0.1) is 0 Å². The lowest BCUT2D eigenvalue weighted by Crippen LogP contribution is -2.38. The molecule has 5 nitrogen and oxygen atoms in total. The van der Waals surface area contributed by atoms with Crippen molar-refractivity contribution in [1.29, 1.82) is 0 Å². The maximum atomic E-state index is 12.4. The fraction of sp³-hybridized carbons (Fsp3) is 0.222. The molecule has 0 aliphatic carbocycles. The van der Waals surface area contributed by atoms with Crippen molar-refractivity contribution in [1.82, 2.24) is 9.24 Å². The van der Waals surface area contributed by atoms with Gasteiger partial charge < -0.3 is 0 Å². The van der Waals surface area contributed by atoms with Gasteiger partial charge in [-0.3, -0.25) is 10.2 Å². The van der Waals surface area contributed by atoms with Gasteiger partial charge in [-0.25, -0.2) is 14.0 Å². The van der Waals surface area contributed by atoms with E-state index in [2.05, 4.69) is 24.5 Å². The predicted molar refractivity (Wildman–Crippen MR) is 94.4 cm³/mol. The molecular weight excluding hydrogens is 290 g/mol. The zero-order chi connectivity index (χ0) is 16.5. The van der Waals surface area contributed by atoms with Crippen molar-refractivity contribution < 1.29 is 0 Å². The van der Waals surface area contributed by atoms with Crippen LogP contribution < -0.4 is 16.7 Å². The van der Waals surface area contributed by atoms with Gasteiger partial charge in [-0.05, 0) is 31.4 Å². The smallest absolute Gasteiger partial charge is 0.290 e. The number of para-hydroxylation sites is 1. The molecule has 0 unspecified atom stereocenters. The van der Waals surface area contributed by atoms with E-state index in [1.807, 2.05) is 36.4 Å². The largest absolute Gasteiger partial charge is 0.353 e. The molecule has 0 atom stereocenters. The van der Waals surface area contributed by atoms with Crippen LogP contribution >= 0.6 is 0 Å². The molecule has 0 bridgehead atoms. The summed E-state index contributed by atoms with van der Waals surface area (Å²) in [5.74, 6) is 0. The lowest BCUT2D eigenvalue weighted by molar-refractivity contribution is 0.780. The average molecular weight is 311 g/mol. The molecule has 0 saturated heterocycles. The monoisotopic (exact) mass is 311 g/mol. The molecule has 120 valence electrons. The summed E-state index contributed by atoms with van der Waals surface area (Å²) in [6.45, 7) is 2.08. The molecule has 0 radical (unpaired) electrons. The van der Waals surface area contributed by atoms with E-state index < -0.39 is 5.69 Å². The maximum Gasteiger partial charge on any atom is 0.353 e. The minimum absolute atomic E-state index is 0.346. The highest BCUT2D eigenvalue weighted by Gasteiger charge is 2.02. The molecule has 1 aromatic heterocycles. The molecule has 0 aliphatic heterocycles. The average Bonchev–Trinajstić information content (AvgIpc) is 2.57. The van der Waals surface area contributed by atoms with Crippen LogP contribution in [0.15, 0.2) is 70.4 Å². The number of allylic oxidation sites excluding steroid dienone is 3. The van der Waals surface area contributed by atoms with Crippen LogP contribution in [-0.2, 0) is 0 Å². The van der Waals surface area contributed by atoms with Gasteiger partial charge in [0.1, 0.15) is 0 Å². The van der Waals surface area contributed by atoms with E-state index in [4.69, 9.17) is 0 Å². The third-order valence-corrected chi connectivity index (χ3v) is 3.20. The highest BCUT2D eigenvalue weighted by Crippen LogP contribution is 2.03. The highest BCUT2D eigenvalue weighted by atomic mass is 16.2. The first-order chi connectivity index (χ1) is 11.2. The minimum atomic E-state index is -0.429. The van der Waals surface area contributed by atoms with Crippen molar-refractivity contribution in [3.05, 3.63) is 81.7 Å². The van der Waals surface area contributed by atoms with Gasteiger partial charge in [0.05, 0.1) is 5.69 Å². The summed E-state index contributed by atoms with van der Waals surface area (Å²) < 4.78 is 2.39. The van der Waals surface area contributed by atoms with E-state index >= 15 is 0 Å². The van der Waals surface area contributed by atoms with Gasteiger partial charge in [0.2, 0.25) is 0 Å². The quantitative estimate of drug-likeness (QED) is 0.631. The number of anilines is 1. The Morgan fingerprint density at radius 3 is 2.48 bits per heavy atom. The van der Waals surface area contributed by atoms with Gasteiger partial charge in [-0.1, -0.05) is 43.4 Å². The first-order valence-electron chi connectivity index (χ1n) is 7.70. The van der Waals surface area contributed by atoms with E-state index in [1.54, 1.807) is 0 Å². The molecule has 0 aliphatic rings. The topological polar surface area (TPSA) is 56.0 Å². The molecule has 23 heavy (non-hydrogen) atoms. The fourth-order valence-electron chi connectivity index (χ4n) is 2.02. The van der Waals surface area contributed by atoms with Crippen LogP contribution in [0.5, 0.6) is 0 Å². The Bertz CT molecular complexity index is 786. The summed E-state index contributed by atoms with van der Waals surface area (Å²) in [7, 11) is 0. The molecule has 1 heterocycles. The molecule has 2 rings (SSSR count). The van der Waals surface area contributed by atoms with E-state index in [1.165, 1.54) is 23.1 Å². The highest BCUT2D eigenvalue weighted by molar-refractivity contribution is 5.42. The number of rotatable bonds is 7. The number of hydrogen-bond acceptors (Lipinski definition) is 3. The summed E-state index contributed by atoms with van der Waals surface area (Å²) in [5.41, 5.74) is 2.95. The Kier molecular flexibility index (Phi) is 6.17. The lowest BCUT2D eigenvalue weighted by atomic mass is 10.2. The zero-order valence-corrected chi connectivity index (χ0v) is 13.2. The molecule has 0 spiro atoms. The van der Waals surface area contributed by atoms with E-state index in [0.717, 1.165) is 29.5 Å². The number of nitrogens with zero attached hydrogens (tertiary/aromatic N) is 2. The molecule has 5 heteroatoms. The lowest BCUT2D eigenvalue weighted by Gasteiger charge is -2.09. The Morgan fingerprint density at radius 1 is 1.00 bits per heavy atom. The summed E-state index contributed by atoms with van der Waals surface area (Å²) in [6.07, 6.45) is 11.7. The molecule has 0 amide bonds. The summed E-state index contributed by atoms with van der Waals surface area (Å²) >= 11 is 0. The number of hydrogen-bond donors (Lipinski definition) is 1. The van der Waals surface area contributed by atoms with Gasteiger partial charge in [0, 0.05) is 18.5 Å². The standard InChI is InChI=1S/C18H21N3O2/c1-2-3-4-5-6-10-14-20-17(22)13-15-21(18(20)23)19-16-11-8-7-9-12-16/h3-4,7-15,19H,2,5-6H2,1H3/b4-3?,14-10+. The number of aromatic nitrogens is 2. The van der Waals surface area contributed by atoms with E-state index in [9.17, 15) is 9.59 Å². The van der Waals surface area contributed by atoms with Crippen LogP contribution in [0.3, 0.4) is 0 Å². The van der Waals surface area contributed by atoms with Crippen LogP contribution in [0.2, 0.25) is 0 Å². The van der Waals surface area contributed by atoms with E-state index in [0.29, 0.717) is 0 Å². The summed E-state index contributed by atoms with van der Waals surface area (Å²) in [5, 5.41) is 0. The van der Waals surface area contributed by atoms with Crippen molar-refractivity contribution >= 4 is 11.9 Å². The predicted octanol–water partition coefficient (Wildman–Crippen LogP) is 3.10. The first kappa shape index (κ1) is 16.5. The van der Waals surface area contributed by atoms with Crippen LogP contribution in [-0.4, -0.2) is 9.24 Å². The SMILES string of the molecule is CCC=CCC/C=C/n1c(=O)ccn(Nc2ccccc2)c1=O.